The molecule has 0 aromatic carbocycles. The Bertz CT molecular complexity index is 516. The van der Waals surface area contributed by atoms with Crippen LogP contribution in [0.25, 0.3) is 6.08 Å². The zero-order valence-corrected chi connectivity index (χ0v) is 11.0. The maximum Gasteiger partial charge on any atom is 0.276 e. The average molecular weight is 264 g/mol. The minimum atomic E-state index is -0.0947. The van der Waals surface area contributed by atoms with Crippen LogP contribution in [0.1, 0.15) is 10.4 Å². The van der Waals surface area contributed by atoms with Gasteiger partial charge in [0.2, 0.25) is 0 Å². The Morgan fingerprint density at radius 2 is 2.41 bits per heavy atom. The summed E-state index contributed by atoms with van der Waals surface area (Å²) in [5, 5.41) is 5.37. The summed E-state index contributed by atoms with van der Waals surface area (Å²) in [4.78, 5) is 14.6. The molecule has 0 radical (unpaired) electrons. The van der Waals surface area contributed by atoms with Gasteiger partial charge in [0.05, 0.1) is 0 Å². The van der Waals surface area contributed by atoms with Gasteiger partial charge in [-0.2, -0.15) is 0 Å². The first kappa shape index (κ1) is 12.0. The molecule has 0 saturated carbocycles. The highest BCUT2D eigenvalue weighted by atomic mass is 32.1. The number of hydrogen-bond donors (Lipinski definition) is 1. The lowest BCUT2D eigenvalue weighted by Gasteiger charge is -2.09. The summed E-state index contributed by atoms with van der Waals surface area (Å²) in [7, 11) is 0. The molecule has 0 aliphatic carbocycles. The summed E-state index contributed by atoms with van der Waals surface area (Å²) in [6.45, 7) is 6.06. The summed E-state index contributed by atoms with van der Waals surface area (Å²) < 4.78 is 0. The largest absolute Gasteiger partial charge is 0.328 e. The van der Waals surface area contributed by atoms with E-state index in [1.165, 1.54) is 4.90 Å². The third kappa shape index (κ3) is 2.30. The third-order valence-electron chi connectivity index (χ3n) is 2.45. The van der Waals surface area contributed by atoms with Crippen LogP contribution in [0.3, 0.4) is 0 Å². The smallest absolute Gasteiger partial charge is 0.276 e. The highest BCUT2D eigenvalue weighted by Crippen LogP contribution is 2.21. The molecule has 5 heteroatoms. The molecule has 17 heavy (non-hydrogen) atoms. The fourth-order valence-corrected chi connectivity index (χ4v) is 2.66. The average Bonchev–Trinajstić information content (AvgIpc) is 2.79. The van der Waals surface area contributed by atoms with E-state index in [9.17, 15) is 4.79 Å². The van der Waals surface area contributed by atoms with E-state index in [2.05, 4.69) is 11.9 Å². The molecule has 0 unspecified atom stereocenters. The molecule has 88 valence electrons. The van der Waals surface area contributed by atoms with Crippen LogP contribution in [0.2, 0.25) is 0 Å². The van der Waals surface area contributed by atoms with Crippen molar-refractivity contribution < 1.29 is 4.79 Å². The Labute approximate surface area is 109 Å². The summed E-state index contributed by atoms with van der Waals surface area (Å²) >= 11 is 6.70. The second-order valence-electron chi connectivity index (χ2n) is 3.66. The second-order valence-corrected chi connectivity index (χ2v) is 4.99. The number of amides is 1. The van der Waals surface area contributed by atoms with E-state index in [1.54, 1.807) is 17.4 Å². The van der Waals surface area contributed by atoms with Crippen molar-refractivity contribution in [3.05, 3.63) is 40.2 Å². The normalized spacial score (nSPS) is 17.7. The van der Waals surface area contributed by atoms with Gasteiger partial charge in [0.25, 0.3) is 5.91 Å². The number of nitrogens with zero attached hydrogens (tertiary/aromatic N) is 1. The van der Waals surface area contributed by atoms with E-state index in [-0.39, 0.29) is 5.91 Å². The first-order valence-electron chi connectivity index (χ1n) is 5.13. The van der Waals surface area contributed by atoms with Crippen molar-refractivity contribution in [2.45, 2.75) is 6.92 Å². The zero-order chi connectivity index (χ0) is 12.4. The standard InChI is InChI=1S/C12H12N2OS2/c1-3-5-14-11(15)9(13-12(14)16)7-10-8(2)4-6-17-10/h3-4,6-7H,1,5H2,2H3,(H,13,16)/b9-7-. The maximum atomic E-state index is 12.0. The molecule has 3 nitrogen and oxygen atoms in total. The van der Waals surface area contributed by atoms with Gasteiger partial charge in [0.1, 0.15) is 5.70 Å². The van der Waals surface area contributed by atoms with Gasteiger partial charge >= 0.3 is 0 Å². The van der Waals surface area contributed by atoms with Crippen LogP contribution in [0, 0.1) is 6.92 Å². The number of hydrogen-bond acceptors (Lipinski definition) is 3. The van der Waals surface area contributed by atoms with Gasteiger partial charge in [0, 0.05) is 11.4 Å². The molecule has 2 rings (SSSR count). The molecule has 1 fully saturated rings. The molecular weight excluding hydrogens is 252 g/mol. The van der Waals surface area contributed by atoms with Crippen molar-refractivity contribution in [3.8, 4) is 0 Å². The van der Waals surface area contributed by atoms with E-state index in [0.717, 1.165) is 10.4 Å². The number of carbonyl (C=O) groups is 1. The van der Waals surface area contributed by atoms with Crippen molar-refractivity contribution in [1.82, 2.24) is 10.2 Å². The van der Waals surface area contributed by atoms with E-state index in [4.69, 9.17) is 12.2 Å². The SMILES string of the molecule is C=CCN1C(=O)/C(=C/c2sccc2C)NC1=S. The molecule has 1 aromatic heterocycles. The topological polar surface area (TPSA) is 32.3 Å². The van der Waals surface area contributed by atoms with Gasteiger partial charge in [-0.05, 0) is 42.2 Å². The Morgan fingerprint density at radius 1 is 1.65 bits per heavy atom. The monoisotopic (exact) mass is 264 g/mol. The Kier molecular flexibility index (Phi) is 3.40. The Morgan fingerprint density at radius 3 is 3.00 bits per heavy atom. The maximum absolute atomic E-state index is 12.0. The van der Waals surface area contributed by atoms with Crippen LogP contribution < -0.4 is 5.32 Å². The number of rotatable bonds is 3. The molecule has 1 aliphatic heterocycles. The van der Waals surface area contributed by atoms with E-state index >= 15 is 0 Å². The molecule has 1 saturated heterocycles. The highest BCUT2D eigenvalue weighted by molar-refractivity contribution is 7.80. The van der Waals surface area contributed by atoms with Gasteiger partial charge in [-0.1, -0.05) is 6.08 Å². The van der Waals surface area contributed by atoms with Crippen LogP contribution >= 0.6 is 23.6 Å². The number of carbonyl (C=O) groups excluding carboxylic acids is 1. The lowest BCUT2D eigenvalue weighted by atomic mass is 10.2. The van der Waals surface area contributed by atoms with Gasteiger partial charge < -0.3 is 5.32 Å². The molecule has 0 atom stereocenters. The van der Waals surface area contributed by atoms with Crippen LogP contribution in [0.5, 0.6) is 0 Å². The first-order chi connectivity index (χ1) is 8.13. The van der Waals surface area contributed by atoms with Crippen molar-refractivity contribution >= 4 is 40.7 Å². The van der Waals surface area contributed by atoms with Crippen LogP contribution in [-0.2, 0) is 4.79 Å². The number of thiocarbonyl (C=S) groups is 1. The summed E-state index contributed by atoms with van der Waals surface area (Å²) in [5.41, 5.74) is 1.69. The lowest BCUT2D eigenvalue weighted by molar-refractivity contribution is -0.122. The van der Waals surface area contributed by atoms with E-state index in [1.807, 2.05) is 24.4 Å². The van der Waals surface area contributed by atoms with Crippen LogP contribution in [-0.4, -0.2) is 22.5 Å². The highest BCUT2D eigenvalue weighted by Gasteiger charge is 2.29. The fourth-order valence-electron chi connectivity index (χ4n) is 1.53. The molecule has 0 bridgehead atoms. The molecule has 1 aliphatic rings. The minimum absolute atomic E-state index is 0.0947. The molecular formula is C12H12N2OS2. The molecule has 1 aromatic rings. The van der Waals surface area contributed by atoms with Gasteiger partial charge in [-0.25, -0.2) is 0 Å². The van der Waals surface area contributed by atoms with Gasteiger partial charge in [0.15, 0.2) is 5.11 Å². The van der Waals surface area contributed by atoms with Crippen molar-refractivity contribution in [2.24, 2.45) is 0 Å². The number of thiophene rings is 1. The zero-order valence-electron chi connectivity index (χ0n) is 9.40. The van der Waals surface area contributed by atoms with Gasteiger partial charge in [-0.3, -0.25) is 9.69 Å². The van der Waals surface area contributed by atoms with E-state index in [0.29, 0.717) is 17.4 Å². The van der Waals surface area contributed by atoms with Crippen LogP contribution in [0.15, 0.2) is 29.8 Å². The fraction of sp³-hybridized carbons (Fsp3) is 0.167. The summed E-state index contributed by atoms with van der Waals surface area (Å²) in [5.74, 6) is -0.0947. The van der Waals surface area contributed by atoms with Crippen molar-refractivity contribution in [1.29, 1.82) is 0 Å². The van der Waals surface area contributed by atoms with Crippen LogP contribution in [0.4, 0.5) is 0 Å². The molecule has 1 N–H and O–H groups in total. The Hall–Kier alpha value is -1.46. The van der Waals surface area contributed by atoms with Crippen molar-refractivity contribution in [3.63, 3.8) is 0 Å². The lowest BCUT2D eigenvalue weighted by Crippen LogP contribution is -2.30. The predicted octanol–water partition coefficient (Wildman–Crippen LogP) is 2.30. The predicted molar refractivity (Wildman–Crippen MR) is 74.7 cm³/mol. The molecule has 2 heterocycles. The molecule has 0 spiro atoms. The number of aryl methyl sites for hydroxylation is 1. The summed E-state index contributed by atoms with van der Waals surface area (Å²) in [6, 6.07) is 2.02. The second kappa shape index (κ2) is 4.81. The Balaban J connectivity index is 2.28. The van der Waals surface area contributed by atoms with E-state index < -0.39 is 0 Å². The summed E-state index contributed by atoms with van der Waals surface area (Å²) in [6.07, 6.45) is 3.50. The minimum Gasteiger partial charge on any atom is -0.328 e. The number of nitrogens with one attached hydrogen (secondary N) is 1. The first-order valence-corrected chi connectivity index (χ1v) is 6.42. The quantitative estimate of drug-likeness (QED) is 0.516. The molecule has 1 amide bonds. The third-order valence-corrected chi connectivity index (χ3v) is 3.74. The van der Waals surface area contributed by atoms with Gasteiger partial charge in [-0.15, -0.1) is 17.9 Å². The van der Waals surface area contributed by atoms with Crippen molar-refractivity contribution in [2.75, 3.05) is 6.54 Å².